The van der Waals surface area contributed by atoms with E-state index in [9.17, 15) is 20.4 Å². The van der Waals surface area contributed by atoms with E-state index in [0.717, 1.165) is 85.1 Å². The van der Waals surface area contributed by atoms with E-state index in [4.69, 9.17) is 30.9 Å². The molecule has 83 heavy (non-hydrogen) atoms. The van der Waals surface area contributed by atoms with Crippen LogP contribution in [0.15, 0.2) is 61.7 Å². The Balaban J connectivity index is 0.000000183. The highest BCUT2D eigenvalue weighted by molar-refractivity contribution is 5.82. The summed E-state index contributed by atoms with van der Waals surface area (Å²) >= 11 is 0. The van der Waals surface area contributed by atoms with Crippen LogP contribution in [0.5, 0.6) is 0 Å². The molecule has 22 nitrogen and oxygen atoms in total. The minimum atomic E-state index is -1.11. The molecule has 2 aromatic carbocycles. The van der Waals surface area contributed by atoms with E-state index in [1.807, 2.05) is 0 Å². The van der Waals surface area contributed by atoms with Crippen molar-refractivity contribution < 1.29 is 29.9 Å². The number of nitrogens with two attached hydrogens (primary N) is 2. The number of aliphatic hydroxyl groups excluding tert-OH is 4. The topological polar surface area (TPSA) is 302 Å². The number of H-pyrrole nitrogens is 2. The van der Waals surface area contributed by atoms with Gasteiger partial charge in [-0.25, -0.2) is 39.9 Å². The quantitative estimate of drug-likeness (QED) is 0.0471. The minimum absolute atomic E-state index is 0. The Morgan fingerprint density at radius 3 is 1.33 bits per heavy atom. The molecule has 2 aliphatic heterocycles. The number of nitrogens with one attached hydrogen (secondary N) is 2. The number of imidazole rings is 4. The van der Waals surface area contributed by atoms with Crippen molar-refractivity contribution in [2.75, 3.05) is 24.6 Å². The SMILES string of the molecule is C.CC(C)N(C[C@H]1OC(n2cnc3c(N)ncnc32)C(O)[C@@H]1O)C1CC(CCc2nc3ccc(C(C)(C)C)cc3[nH]2)C1.CC(C)N(C[C@H]1OC(n2cnc3c(N)ncnc32)C(O)[C@@H]1O)C1CC(CCc2nc3ccc(C(C)(C)C)cc3[nH]2)C1. The van der Waals surface area contributed by atoms with E-state index in [-0.39, 0.29) is 42.0 Å². The lowest BCUT2D eigenvalue weighted by Crippen LogP contribution is -2.52. The van der Waals surface area contributed by atoms with Gasteiger partial charge >= 0.3 is 0 Å². The van der Waals surface area contributed by atoms with Crippen molar-refractivity contribution in [2.45, 2.75) is 212 Å². The molecular formula is C61H88N16O6. The van der Waals surface area contributed by atoms with Gasteiger partial charge in [0.25, 0.3) is 0 Å². The monoisotopic (exact) mass is 1140 g/mol. The van der Waals surface area contributed by atoms with E-state index in [2.05, 4.69) is 155 Å². The second-order valence-electron chi connectivity index (χ2n) is 26.2. The van der Waals surface area contributed by atoms with E-state index >= 15 is 0 Å². The maximum Gasteiger partial charge on any atom is 0.167 e. The predicted octanol–water partition coefficient (Wildman–Crippen LogP) is 7.28. The first-order valence-electron chi connectivity index (χ1n) is 29.4. The first kappa shape index (κ1) is 59.9. The summed E-state index contributed by atoms with van der Waals surface area (Å²) in [5.41, 5.74) is 20.8. The van der Waals surface area contributed by atoms with Crippen molar-refractivity contribution in [3.05, 3.63) is 84.5 Å². The Hall–Kier alpha value is -6.24. The van der Waals surface area contributed by atoms with Crippen molar-refractivity contribution in [1.29, 1.82) is 0 Å². The Morgan fingerprint density at radius 1 is 0.578 bits per heavy atom. The molecule has 12 rings (SSSR count). The van der Waals surface area contributed by atoms with Crippen LogP contribution in [-0.2, 0) is 33.1 Å². The van der Waals surface area contributed by atoms with Crippen LogP contribution in [-0.4, -0.2) is 163 Å². The smallest absolute Gasteiger partial charge is 0.167 e. The van der Waals surface area contributed by atoms with Gasteiger partial charge < -0.3 is 51.3 Å². The molecule has 8 atom stereocenters. The number of aryl methyl sites for hydroxylation is 2. The molecule has 22 heteroatoms. The van der Waals surface area contributed by atoms with Gasteiger partial charge in [-0.3, -0.25) is 18.9 Å². The van der Waals surface area contributed by atoms with E-state index in [1.165, 1.54) is 36.4 Å². The van der Waals surface area contributed by atoms with Gasteiger partial charge in [0.2, 0.25) is 0 Å². The number of fused-ring (bicyclic) bond motifs is 4. The second kappa shape index (κ2) is 23.7. The van der Waals surface area contributed by atoms with Crippen LogP contribution in [0.2, 0.25) is 0 Å². The first-order chi connectivity index (χ1) is 39.0. The highest BCUT2D eigenvalue weighted by Crippen LogP contribution is 2.41. The molecule has 2 saturated heterocycles. The summed E-state index contributed by atoms with van der Waals surface area (Å²) in [5.74, 6) is 3.90. The lowest BCUT2D eigenvalue weighted by atomic mass is 9.76. The van der Waals surface area contributed by atoms with Crippen molar-refractivity contribution in [3.8, 4) is 0 Å². The van der Waals surface area contributed by atoms with Gasteiger partial charge in [-0.2, -0.15) is 0 Å². The van der Waals surface area contributed by atoms with Crippen LogP contribution >= 0.6 is 0 Å². The van der Waals surface area contributed by atoms with Crippen molar-refractivity contribution in [1.82, 2.24) is 68.8 Å². The zero-order valence-electron chi connectivity index (χ0n) is 49.1. The van der Waals surface area contributed by atoms with Gasteiger partial charge in [0.15, 0.2) is 35.4 Å². The van der Waals surface area contributed by atoms with Crippen molar-refractivity contribution in [2.24, 2.45) is 11.8 Å². The normalized spacial score (nSPS) is 26.6. The molecule has 2 aliphatic carbocycles. The summed E-state index contributed by atoms with van der Waals surface area (Å²) in [7, 11) is 0. The number of benzene rings is 2. The molecule has 8 heterocycles. The highest BCUT2D eigenvalue weighted by Gasteiger charge is 2.48. The van der Waals surface area contributed by atoms with Crippen LogP contribution in [0.3, 0.4) is 0 Å². The van der Waals surface area contributed by atoms with Crippen LogP contribution in [0, 0.1) is 11.8 Å². The summed E-state index contributed by atoms with van der Waals surface area (Å²) < 4.78 is 15.7. The predicted molar refractivity (Wildman–Crippen MR) is 321 cm³/mol. The number of aromatic amines is 2. The van der Waals surface area contributed by atoms with Crippen LogP contribution < -0.4 is 11.5 Å². The number of nitrogens with zero attached hydrogens (tertiary/aromatic N) is 12. The number of hydrogen-bond donors (Lipinski definition) is 8. The molecule has 0 amide bonds. The molecular weight excluding hydrogens is 1050 g/mol. The Kier molecular flexibility index (Phi) is 17.1. The highest BCUT2D eigenvalue weighted by atomic mass is 16.6. The van der Waals surface area contributed by atoms with Gasteiger partial charge in [0, 0.05) is 50.1 Å². The third-order valence-electron chi connectivity index (χ3n) is 17.8. The van der Waals surface area contributed by atoms with Gasteiger partial charge in [0.1, 0.15) is 72.0 Å². The third-order valence-corrected chi connectivity index (χ3v) is 17.8. The molecule has 6 aromatic heterocycles. The van der Waals surface area contributed by atoms with Gasteiger partial charge in [-0.1, -0.05) is 61.1 Å². The lowest BCUT2D eigenvalue weighted by Gasteiger charge is -2.46. The number of ether oxygens (including phenoxy) is 2. The third kappa shape index (κ3) is 12.2. The fourth-order valence-corrected chi connectivity index (χ4v) is 12.7. The number of rotatable bonds is 16. The summed E-state index contributed by atoms with van der Waals surface area (Å²) in [6.07, 6.45) is 7.26. The summed E-state index contributed by atoms with van der Waals surface area (Å²) in [6.45, 7) is 23.1. The lowest BCUT2D eigenvalue weighted by molar-refractivity contribution is -0.0620. The second-order valence-corrected chi connectivity index (χ2v) is 26.2. The maximum atomic E-state index is 10.9. The van der Waals surface area contributed by atoms with E-state index < -0.39 is 49.1 Å². The molecule has 4 unspecified atom stereocenters. The molecule has 0 spiro atoms. The molecule has 2 saturated carbocycles. The summed E-state index contributed by atoms with van der Waals surface area (Å²) in [5, 5.41) is 43.7. The molecule has 448 valence electrons. The fourth-order valence-electron chi connectivity index (χ4n) is 12.7. The largest absolute Gasteiger partial charge is 0.387 e. The van der Waals surface area contributed by atoms with E-state index in [1.54, 1.807) is 9.13 Å². The zero-order chi connectivity index (χ0) is 58.1. The van der Waals surface area contributed by atoms with Crippen LogP contribution in [0.4, 0.5) is 11.6 Å². The Labute approximate surface area is 485 Å². The van der Waals surface area contributed by atoms with Gasteiger partial charge in [-0.05, 0) is 124 Å². The number of aromatic nitrogens is 12. The molecule has 0 radical (unpaired) electrons. The average Bonchev–Trinajstić information content (AvgIpc) is 3.17. The molecule has 0 bridgehead atoms. The number of hydrogen-bond acceptors (Lipinski definition) is 18. The van der Waals surface area contributed by atoms with Gasteiger partial charge in [0.05, 0.1) is 34.7 Å². The Bertz CT molecular complexity index is 3270. The zero-order valence-corrected chi connectivity index (χ0v) is 49.1. The van der Waals surface area contributed by atoms with Gasteiger partial charge in [-0.15, -0.1) is 0 Å². The van der Waals surface area contributed by atoms with Crippen LogP contribution in [0.25, 0.3) is 44.4 Å². The molecule has 10 N–H and O–H groups in total. The Morgan fingerprint density at radius 2 is 0.964 bits per heavy atom. The number of nitrogen functional groups attached to an aromatic ring is 2. The number of anilines is 2. The minimum Gasteiger partial charge on any atom is -0.387 e. The van der Waals surface area contributed by atoms with Crippen LogP contribution in [0.1, 0.15) is 150 Å². The standard InChI is InChI=1S/2C30H42N8O3.CH4/c2*1-16(2)37(13-22-25(39)26(40)29(41-22)38-15-34-24-27(31)32-14-33-28(24)38)19-10-17(11-19)6-9-23-35-20-8-7-18(30(3,4)5)12-21(20)36-23;/h2*7-8,12,14-17,19,22,25-26,29,39-40H,6,9-11,13H2,1-5H3,(H,35,36)(H2,31,32,33);1H4/t2*17?,19?,22-,25-,26?,29?;/m11./s1. The molecule has 8 aromatic rings. The summed E-state index contributed by atoms with van der Waals surface area (Å²) in [4.78, 5) is 46.6. The van der Waals surface area contributed by atoms with E-state index in [0.29, 0.717) is 59.3 Å². The molecule has 4 fully saturated rings. The molecule has 4 aliphatic rings. The summed E-state index contributed by atoms with van der Waals surface area (Å²) in [6, 6.07) is 14.4. The number of aliphatic hydroxyl groups is 4. The maximum absolute atomic E-state index is 10.9. The van der Waals surface area contributed by atoms with Crippen molar-refractivity contribution >= 4 is 56.0 Å². The fraction of sp³-hybridized carbons (Fsp3) is 0.607. The van der Waals surface area contributed by atoms with Crippen molar-refractivity contribution in [3.63, 3.8) is 0 Å². The first-order valence-corrected chi connectivity index (χ1v) is 29.4. The average molecular weight is 1140 g/mol.